The Kier molecular flexibility index (Phi) is 2.68. The first-order valence-electron chi connectivity index (χ1n) is 4.21. The first-order chi connectivity index (χ1) is 7.20. The summed E-state index contributed by atoms with van der Waals surface area (Å²) in [6, 6.07) is 7.77. The van der Waals surface area contributed by atoms with E-state index >= 15 is 0 Å². The molecule has 0 bridgehead atoms. The molecule has 0 radical (unpaired) electrons. The lowest BCUT2D eigenvalue weighted by Gasteiger charge is -1.98. The van der Waals surface area contributed by atoms with Crippen LogP contribution in [-0.2, 0) is 0 Å². The molecule has 1 heterocycles. The molecule has 0 N–H and O–H groups in total. The Bertz CT molecular complexity index is 505. The Morgan fingerprint density at radius 1 is 1.27 bits per heavy atom. The lowest BCUT2D eigenvalue weighted by molar-refractivity contribution is 0.110. The second-order valence-electron chi connectivity index (χ2n) is 2.95. The number of hydrogen-bond donors (Lipinski definition) is 0. The van der Waals surface area contributed by atoms with Crippen molar-refractivity contribution in [3.05, 3.63) is 46.4 Å². The van der Waals surface area contributed by atoms with Gasteiger partial charge in [-0.15, -0.1) is 0 Å². The lowest BCUT2D eigenvalue weighted by atomic mass is 10.2. The zero-order chi connectivity index (χ0) is 10.8. The van der Waals surface area contributed by atoms with Crippen LogP contribution in [0.5, 0.6) is 0 Å². The number of carbonyl (C=O) groups is 1. The van der Waals surface area contributed by atoms with Gasteiger partial charge in [0.1, 0.15) is 11.6 Å². The van der Waals surface area contributed by atoms with Crippen LogP contribution < -0.4 is 0 Å². The van der Waals surface area contributed by atoms with E-state index in [-0.39, 0.29) is 11.6 Å². The van der Waals surface area contributed by atoms with Crippen LogP contribution in [0.1, 0.15) is 10.6 Å². The molecule has 0 saturated carbocycles. The fourth-order valence-corrected chi connectivity index (χ4v) is 1.60. The monoisotopic (exact) mass is 268 g/mol. The van der Waals surface area contributed by atoms with Gasteiger partial charge < -0.3 is 4.42 Å². The normalized spacial score (nSPS) is 10.3. The Morgan fingerprint density at radius 3 is 2.67 bits per heavy atom. The number of aldehydes is 1. The van der Waals surface area contributed by atoms with Crippen molar-refractivity contribution >= 4 is 22.2 Å². The largest absolute Gasteiger partial charge is 0.453 e. The van der Waals surface area contributed by atoms with E-state index in [1.807, 2.05) is 0 Å². The van der Waals surface area contributed by atoms with Gasteiger partial charge in [0.05, 0.1) is 4.47 Å². The van der Waals surface area contributed by atoms with Crippen LogP contribution in [0.3, 0.4) is 0 Å². The highest BCUT2D eigenvalue weighted by Crippen LogP contribution is 2.26. The van der Waals surface area contributed by atoms with Crippen LogP contribution in [0.15, 0.2) is 39.2 Å². The van der Waals surface area contributed by atoms with E-state index in [1.165, 1.54) is 6.07 Å². The summed E-state index contributed by atoms with van der Waals surface area (Å²) in [4.78, 5) is 10.4. The summed E-state index contributed by atoms with van der Waals surface area (Å²) in [5.74, 6) is 0.462. The van der Waals surface area contributed by atoms with E-state index in [4.69, 9.17) is 4.42 Å². The van der Waals surface area contributed by atoms with Crippen molar-refractivity contribution < 1.29 is 13.6 Å². The standard InChI is InChI=1S/C11H6BrFO2/c12-9-5-7(1-3-10(9)13)11-4-2-8(6-14)15-11/h1-6H. The minimum absolute atomic E-state index is 0.255. The summed E-state index contributed by atoms with van der Waals surface area (Å²) < 4.78 is 18.5. The SMILES string of the molecule is O=Cc1ccc(-c2ccc(F)c(Br)c2)o1. The predicted octanol–water partition coefficient (Wildman–Crippen LogP) is 3.66. The van der Waals surface area contributed by atoms with Gasteiger partial charge in [-0.1, -0.05) is 0 Å². The van der Waals surface area contributed by atoms with Gasteiger partial charge in [0.25, 0.3) is 0 Å². The number of furan rings is 1. The molecule has 0 saturated heterocycles. The molecule has 0 atom stereocenters. The van der Waals surface area contributed by atoms with Gasteiger partial charge in [-0.05, 0) is 46.3 Å². The Balaban J connectivity index is 2.44. The topological polar surface area (TPSA) is 30.2 Å². The van der Waals surface area contributed by atoms with E-state index in [9.17, 15) is 9.18 Å². The predicted molar refractivity (Wildman–Crippen MR) is 57.2 cm³/mol. The molecular formula is C11H6BrFO2. The molecule has 76 valence electrons. The smallest absolute Gasteiger partial charge is 0.185 e. The van der Waals surface area contributed by atoms with Crippen LogP contribution in [0.2, 0.25) is 0 Å². The van der Waals surface area contributed by atoms with Crippen molar-refractivity contribution in [1.29, 1.82) is 0 Å². The molecular weight excluding hydrogens is 263 g/mol. The third-order valence-electron chi connectivity index (χ3n) is 1.95. The molecule has 2 aromatic rings. The molecule has 15 heavy (non-hydrogen) atoms. The molecule has 0 unspecified atom stereocenters. The maximum Gasteiger partial charge on any atom is 0.185 e. The third kappa shape index (κ3) is 1.99. The van der Waals surface area contributed by atoms with Gasteiger partial charge in [-0.25, -0.2) is 4.39 Å². The highest BCUT2D eigenvalue weighted by molar-refractivity contribution is 9.10. The first kappa shape index (κ1) is 10.1. The van der Waals surface area contributed by atoms with Crippen molar-refractivity contribution in [1.82, 2.24) is 0 Å². The van der Waals surface area contributed by atoms with Gasteiger partial charge >= 0.3 is 0 Å². The second kappa shape index (κ2) is 3.98. The molecule has 0 fully saturated rings. The van der Waals surface area contributed by atoms with Crippen molar-refractivity contribution in [2.75, 3.05) is 0 Å². The molecule has 2 rings (SSSR count). The average molecular weight is 269 g/mol. The van der Waals surface area contributed by atoms with E-state index in [2.05, 4.69) is 15.9 Å². The molecule has 0 aliphatic rings. The zero-order valence-corrected chi connectivity index (χ0v) is 9.12. The molecule has 0 aliphatic heterocycles. The Hall–Kier alpha value is -1.42. The summed E-state index contributed by atoms with van der Waals surface area (Å²) in [7, 11) is 0. The third-order valence-corrected chi connectivity index (χ3v) is 2.55. The van der Waals surface area contributed by atoms with E-state index in [0.717, 1.165) is 5.56 Å². The highest BCUT2D eigenvalue weighted by atomic mass is 79.9. The summed E-state index contributed by atoms with van der Waals surface area (Å²) >= 11 is 3.08. The molecule has 0 amide bonds. The Labute approximate surface area is 93.8 Å². The second-order valence-corrected chi connectivity index (χ2v) is 3.80. The van der Waals surface area contributed by atoms with Gasteiger partial charge in [0.15, 0.2) is 12.0 Å². The maximum absolute atomic E-state index is 13.0. The molecule has 1 aromatic carbocycles. The van der Waals surface area contributed by atoms with E-state index < -0.39 is 0 Å². The van der Waals surface area contributed by atoms with E-state index in [0.29, 0.717) is 16.5 Å². The number of rotatable bonds is 2. The number of benzene rings is 1. The van der Waals surface area contributed by atoms with Gasteiger partial charge in [0, 0.05) is 5.56 Å². The molecule has 1 aromatic heterocycles. The van der Waals surface area contributed by atoms with Gasteiger partial charge in [-0.3, -0.25) is 4.79 Å². The molecule has 0 aliphatic carbocycles. The van der Waals surface area contributed by atoms with E-state index in [1.54, 1.807) is 24.3 Å². The summed E-state index contributed by atoms with van der Waals surface area (Å²) in [6.45, 7) is 0. The average Bonchev–Trinajstić information content (AvgIpc) is 2.70. The van der Waals surface area contributed by atoms with Crippen molar-refractivity contribution in [3.63, 3.8) is 0 Å². The lowest BCUT2D eigenvalue weighted by Crippen LogP contribution is -1.79. The van der Waals surface area contributed by atoms with Crippen LogP contribution in [0.25, 0.3) is 11.3 Å². The number of hydrogen-bond acceptors (Lipinski definition) is 2. The molecule has 2 nitrogen and oxygen atoms in total. The van der Waals surface area contributed by atoms with Crippen molar-refractivity contribution in [3.8, 4) is 11.3 Å². The summed E-state index contributed by atoms with van der Waals surface area (Å²) in [5, 5.41) is 0. The van der Waals surface area contributed by atoms with Gasteiger partial charge in [-0.2, -0.15) is 0 Å². The van der Waals surface area contributed by atoms with Crippen LogP contribution in [0, 0.1) is 5.82 Å². The van der Waals surface area contributed by atoms with Crippen molar-refractivity contribution in [2.24, 2.45) is 0 Å². The highest BCUT2D eigenvalue weighted by Gasteiger charge is 2.06. The minimum Gasteiger partial charge on any atom is -0.453 e. The van der Waals surface area contributed by atoms with Crippen LogP contribution >= 0.6 is 15.9 Å². The number of halogens is 2. The minimum atomic E-state index is -0.332. The fourth-order valence-electron chi connectivity index (χ4n) is 1.22. The summed E-state index contributed by atoms with van der Waals surface area (Å²) in [5.41, 5.74) is 0.719. The molecule has 0 spiro atoms. The fraction of sp³-hybridized carbons (Fsp3) is 0. The number of carbonyl (C=O) groups excluding carboxylic acids is 1. The van der Waals surface area contributed by atoms with Crippen LogP contribution in [0.4, 0.5) is 4.39 Å². The van der Waals surface area contributed by atoms with Crippen LogP contribution in [-0.4, -0.2) is 6.29 Å². The zero-order valence-electron chi connectivity index (χ0n) is 7.54. The maximum atomic E-state index is 13.0. The Morgan fingerprint density at radius 2 is 2.07 bits per heavy atom. The first-order valence-corrected chi connectivity index (χ1v) is 5.00. The summed E-state index contributed by atoms with van der Waals surface area (Å²) in [6.07, 6.45) is 0.627. The quantitative estimate of drug-likeness (QED) is 0.779. The molecule has 4 heteroatoms. The van der Waals surface area contributed by atoms with Gasteiger partial charge in [0.2, 0.25) is 0 Å². The van der Waals surface area contributed by atoms with Crippen molar-refractivity contribution in [2.45, 2.75) is 0 Å².